The van der Waals surface area contributed by atoms with Gasteiger partial charge in [-0.1, -0.05) is 35.3 Å². The first-order chi connectivity index (χ1) is 17.4. The van der Waals surface area contributed by atoms with Gasteiger partial charge in [-0.3, -0.25) is 0 Å². The van der Waals surface area contributed by atoms with E-state index in [1.165, 1.54) is 87.3 Å². The highest BCUT2D eigenvalue weighted by molar-refractivity contribution is 7.98. The lowest BCUT2D eigenvalue weighted by Crippen LogP contribution is -2.28. The van der Waals surface area contributed by atoms with Gasteiger partial charge >= 0.3 is 0 Å². The van der Waals surface area contributed by atoms with Crippen LogP contribution in [0.25, 0.3) is 0 Å². The second-order valence-electron chi connectivity index (χ2n) is 8.27. The zero-order valence-electron chi connectivity index (χ0n) is 20.3. The summed E-state index contributed by atoms with van der Waals surface area (Å²) < 4.78 is 2.67. The van der Waals surface area contributed by atoms with Crippen LogP contribution in [0.4, 0.5) is 0 Å². The topological polar surface area (TPSA) is 80.8 Å². The highest BCUT2D eigenvalue weighted by atomic mass is 32.2. The van der Waals surface area contributed by atoms with Crippen molar-refractivity contribution in [1.29, 1.82) is 0 Å². The van der Waals surface area contributed by atoms with Crippen LogP contribution in [-0.4, -0.2) is 0 Å². The Balaban J connectivity index is 1.69. The van der Waals surface area contributed by atoms with Crippen molar-refractivity contribution in [3.63, 3.8) is 0 Å². The van der Waals surface area contributed by atoms with Crippen molar-refractivity contribution in [1.82, 2.24) is 0 Å². The molecule has 0 aliphatic rings. The summed E-state index contributed by atoms with van der Waals surface area (Å²) in [5.41, 5.74) is 7.10. The fourth-order valence-electron chi connectivity index (χ4n) is 4.05. The third-order valence-corrected chi connectivity index (χ3v) is 9.31. The van der Waals surface area contributed by atoms with E-state index in [2.05, 4.69) is 20.8 Å². The standard InChI is InChI=1S/C27H27N3O3S3/c1-19-22(16-34-25-10-4-7-13-28(25)31)20(2)24(18-36-27-12-6-9-15-30(27)33)21(3)23(19)17-35-26-11-5-8-14-29(26)32/h4-15H,16-18H2,1-3H3. The van der Waals surface area contributed by atoms with Crippen LogP contribution in [0.3, 0.4) is 0 Å². The Morgan fingerprint density at radius 3 is 1.03 bits per heavy atom. The van der Waals surface area contributed by atoms with Crippen molar-refractivity contribution in [2.45, 2.75) is 53.1 Å². The minimum Gasteiger partial charge on any atom is -0.618 e. The van der Waals surface area contributed by atoms with Gasteiger partial charge in [0, 0.05) is 53.7 Å². The average molecular weight is 538 g/mol. The fraction of sp³-hybridized carbons (Fsp3) is 0.222. The van der Waals surface area contributed by atoms with Gasteiger partial charge < -0.3 is 15.6 Å². The summed E-state index contributed by atoms with van der Waals surface area (Å²) in [5.74, 6) is 1.96. The highest BCUT2D eigenvalue weighted by Gasteiger charge is 2.20. The molecule has 0 aliphatic carbocycles. The lowest BCUT2D eigenvalue weighted by molar-refractivity contribution is -0.645. The van der Waals surface area contributed by atoms with E-state index in [0.717, 1.165) is 14.2 Å². The van der Waals surface area contributed by atoms with Gasteiger partial charge in [0.05, 0.1) is 0 Å². The van der Waals surface area contributed by atoms with Gasteiger partial charge in [0.25, 0.3) is 15.1 Å². The van der Waals surface area contributed by atoms with E-state index in [4.69, 9.17) is 0 Å². The number of hydrogen-bond acceptors (Lipinski definition) is 6. The Bertz CT molecular complexity index is 1200. The smallest absolute Gasteiger partial charge is 0.251 e. The molecule has 0 spiro atoms. The predicted octanol–water partition coefficient (Wildman–Crippen LogP) is 5.39. The quantitative estimate of drug-likeness (QED) is 0.162. The Hall–Kier alpha value is -2.88. The summed E-state index contributed by atoms with van der Waals surface area (Å²) >= 11 is 4.54. The van der Waals surface area contributed by atoms with Crippen molar-refractivity contribution < 1.29 is 14.2 Å². The molecule has 0 amide bonds. The van der Waals surface area contributed by atoms with Crippen molar-refractivity contribution in [2.24, 2.45) is 0 Å². The zero-order chi connectivity index (χ0) is 25.7. The molecular formula is C27H27N3O3S3. The molecule has 0 atom stereocenters. The second-order valence-corrected chi connectivity index (χ2v) is 11.3. The van der Waals surface area contributed by atoms with E-state index in [1.807, 2.05) is 36.4 Å². The molecule has 6 nitrogen and oxygen atoms in total. The van der Waals surface area contributed by atoms with Crippen LogP contribution in [-0.2, 0) is 17.3 Å². The van der Waals surface area contributed by atoms with Crippen molar-refractivity contribution in [3.05, 3.63) is 122 Å². The average Bonchev–Trinajstić information content (AvgIpc) is 2.87. The van der Waals surface area contributed by atoms with Gasteiger partial charge in [-0.05, 0) is 72.4 Å². The number of nitrogens with zero attached hydrogens (tertiary/aromatic N) is 3. The number of rotatable bonds is 9. The van der Waals surface area contributed by atoms with Gasteiger partial charge in [-0.15, -0.1) is 0 Å². The number of benzene rings is 1. The zero-order valence-corrected chi connectivity index (χ0v) is 22.8. The Labute approximate surface area is 224 Å². The van der Waals surface area contributed by atoms with Crippen LogP contribution < -0.4 is 14.2 Å². The van der Waals surface area contributed by atoms with Crippen molar-refractivity contribution in [3.8, 4) is 0 Å². The maximum Gasteiger partial charge on any atom is 0.251 e. The largest absolute Gasteiger partial charge is 0.618 e. The predicted molar refractivity (Wildman–Crippen MR) is 146 cm³/mol. The van der Waals surface area contributed by atoms with Gasteiger partial charge in [0.15, 0.2) is 18.6 Å². The van der Waals surface area contributed by atoms with Crippen LogP contribution in [0.1, 0.15) is 33.4 Å². The number of thioether (sulfide) groups is 3. The Kier molecular flexibility index (Phi) is 8.66. The Morgan fingerprint density at radius 2 is 0.778 bits per heavy atom. The maximum absolute atomic E-state index is 12.2. The third-order valence-electron chi connectivity index (χ3n) is 6.17. The molecule has 36 heavy (non-hydrogen) atoms. The molecule has 0 fully saturated rings. The van der Waals surface area contributed by atoms with Crippen LogP contribution in [0, 0.1) is 36.4 Å². The van der Waals surface area contributed by atoms with Crippen molar-refractivity contribution in [2.75, 3.05) is 0 Å². The van der Waals surface area contributed by atoms with Crippen LogP contribution in [0.5, 0.6) is 0 Å². The lowest BCUT2D eigenvalue weighted by Gasteiger charge is -2.22. The van der Waals surface area contributed by atoms with E-state index >= 15 is 0 Å². The SMILES string of the molecule is Cc1c(CSc2cccc[n+]2[O-])c(C)c(CSc2cccc[n+]2[O-])c(C)c1CSc1cccc[n+]1[O-]. The molecule has 0 aliphatic heterocycles. The van der Waals surface area contributed by atoms with Gasteiger partial charge in [-0.2, -0.15) is 14.2 Å². The molecule has 0 unspecified atom stereocenters. The molecule has 0 saturated carbocycles. The molecule has 0 radical (unpaired) electrons. The second kappa shape index (κ2) is 11.9. The van der Waals surface area contributed by atoms with E-state index in [9.17, 15) is 15.6 Å². The minimum absolute atomic E-state index is 0.650. The molecule has 3 heterocycles. The molecule has 4 rings (SSSR count). The molecule has 1 aromatic carbocycles. The molecule has 186 valence electrons. The molecular weight excluding hydrogens is 511 g/mol. The molecule has 0 bridgehead atoms. The van der Waals surface area contributed by atoms with Crippen molar-refractivity contribution >= 4 is 35.3 Å². The summed E-state index contributed by atoms with van der Waals surface area (Å²) in [6.45, 7) is 6.37. The Morgan fingerprint density at radius 1 is 0.500 bits per heavy atom. The summed E-state index contributed by atoms with van der Waals surface area (Å²) in [4.78, 5) is 0. The summed E-state index contributed by atoms with van der Waals surface area (Å²) in [6, 6.07) is 16.3. The number of hydrogen-bond donors (Lipinski definition) is 0. The van der Waals surface area contributed by atoms with Gasteiger partial charge in [0.2, 0.25) is 0 Å². The number of aromatic nitrogens is 3. The van der Waals surface area contributed by atoms with E-state index in [0.29, 0.717) is 32.3 Å². The molecule has 4 aromatic rings. The monoisotopic (exact) mass is 537 g/mol. The van der Waals surface area contributed by atoms with E-state index in [1.54, 1.807) is 18.2 Å². The number of pyridine rings is 3. The van der Waals surface area contributed by atoms with Crippen LogP contribution in [0.15, 0.2) is 88.3 Å². The van der Waals surface area contributed by atoms with Gasteiger partial charge in [0.1, 0.15) is 0 Å². The van der Waals surface area contributed by atoms with Crippen LogP contribution in [0.2, 0.25) is 0 Å². The summed E-state index contributed by atoms with van der Waals surface area (Å²) in [5, 5.41) is 38.6. The van der Waals surface area contributed by atoms with Gasteiger partial charge in [-0.25, -0.2) is 0 Å². The molecule has 0 saturated heterocycles. The first kappa shape index (κ1) is 26.2. The lowest BCUT2D eigenvalue weighted by atomic mass is 9.90. The van der Waals surface area contributed by atoms with Crippen LogP contribution >= 0.6 is 35.3 Å². The molecule has 9 heteroatoms. The molecule has 0 N–H and O–H groups in total. The first-order valence-corrected chi connectivity index (χ1v) is 14.4. The molecule has 3 aromatic heterocycles. The minimum atomic E-state index is 0.650. The summed E-state index contributed by atoms with van der Waals surface area (Å²) in [7, 11) is 0. The van der Waals surface area contributed by atoms with E-state index < -0.39 is 0 Å². The maximum atomic E-state index is 12.2. The van der Waals surface area contributed by atoms with E-state index in [-0.39, 0.29) is 0 Å². The highest BCUT2D eigenvalue weighted by Crippen LogP contribution is 2.36. The fourth-order valence-corrected chi connectivity index (χ4v) is 7.32. The third kappa shape index (κ3) is 5.91. The first-order valence-electron chi connectivity index (χ1n) is 11.4. The summed E-state index contributed by atoms with van der Waals surface area (Å²) in [6.07, 6.45) is 4.53. The normalized spacial score (nSPS) is 11.1.